The summed E-state index contributed by atoms with van der Waals surface area (Å²) >= 11 is 1.46. The Morgan fingerprint density at radius 3 is 2.62 bits per heavy atom. The summed E-state index contributed by atoms with van der Waals surface area (Å²) in [5, 5.41) is 12.8. The van der Waals surface area contributed by atoms with Crippen LogP contribution in [0.4, 0.5) is 5.13 Å². The third kappa shape index (κ3) is 3.49. The molecular weight excluding hydrogens is 322 g/mol. The van der Waals surface area contributed by atoms with E-state index < -0.39 is 5.41 Å². The largest absolute Gasteiger partial charge is 0.381 e. The first kappa shape index (κ1) is 17.0. The average molecular weight is 345 g/mol. The number of carbonyl (C=O) groups excluding carboxylic acids is 1. The van der Waals surface area contributed by atoms with Crippen LogP contribution in [0.15, 0.2) is 24.3 Å². The van der Waals surface area contributed by atoms with Gasteiger partial charge in [0.1, 0.15) is 5.01 Å². The monoisotopic (exact) mass is 345 g/mol. The lowest BCUT2D eigenvalue weighted by atomic mass is 9.73. The highest BCUT2D eigenvalue weighted by atomic mass is 32.1. The van der Waals surface area contributed by atoms with Crippen molar-refractivity contribution in [2.75, 3.05) is 18.5 Å². The third-order valence-corrected chi connectivity index (χ3v) is 5.43. The Morgan fingerprint density at radius 2 is 1.96 bits per heavy atom. The summed E-state index contributed by atoms with van der Waals surface area (Å²) < 4.78 is 5.50. The van der Waals surface area contributed by atoms with Crippen LogP contribution in [-0.2, 0) is 21.4 Å². The molecule has 1 aliphatic heterocycles. The lowest BCUT2D eigenvalue weighted by molar-refractivity contribution is -0.125. The molecule has 0 aliphatic carbocycles. The van der Waals surface area contributed by atoms with Gasteiger partial charge in [0.2, 0.25) is 11.0 Å². The number of ether oxygens (including phenoxy) is 1. The number of rotatable bonds is 5. The standard InChI is InChI=1S/C18H23N3O2S/c1-3-4-15-20-21-17(24-15)19-16(22)18(9-11-23-12-10-18)14-7-5-13(2)6-8-14/h5-8H,3-4,9-12H2,1-2H3,(H,19,21,22). The molecule has 0 bridgehead atoms. The molecule has 2 aromatic rings. The molecule has 2 heterocycles. The van der Waals surface area contributed by atoms with Gasteiger partial charge in [-0.25, -0.2) is 0 Å². The van der Waals surface area contributed by atoms with Crippen molar-refractivity contribution in [3.8, 4) is 0 Å². The lowest BCUT2D eigenvalue weighted by Gasteiger charge is -2.36. The molecule has 0 radical (unpaired) electrons. The van der Waals surface area contributed by atoms with Crippen molar-refractivity contribution in [3.05, 3.63) is 40.4 Å². The molecule has 3 rings (SSSR count). The van der Waals surface area contributed by atoms with Gasteiger partial charge in [0.05, 0.1) is 5.41 Å². The molecule has 128 valence electrons. The van der Waals surface area contributed by atoms with Gasteiger partial charge in [-0.3, -0.25) is 10.1 Å². The maximum atomic E-state index is 13.1. The Hall–Kier alpha value is -1.79. The van der Waals surface area contributed by atoms with Crippen LogP contribution in [0.25, 0.3) is 0 Å². The quantitative estimate of drug-likeness (QED) is 0.901. The third-order valence-electron chi connectivity index (χ3n) is 4.54. The predicted octanol–water partition coefficient (Wildman–Crippen LogP) is 3.49. The van der Waals surface area contributed by atoms with Crippen molar-refractivity contribution < 1.29 is 9.53 Å². The Balaban J connectivity index is 1.84. The molecule has 0 unspecified atom stereocenters. The van der Waals surface area contributed by atoms with E-state index >= 15 is 0 Å². The number of amides is 1. The van der Waals surface area contributed by atoms with Gasteiger partial charge in [-0.05, 0) is 31.7 Å². The Labute approximate surface area is 146 Å². The minimum atomic E-state index is -0.553. The lowest BCUT2D eigenvalue weighted by Crippen LogP contribution is -2.44. The van der Waals surface area contributed by atoms with E-state index in [-0.39, 0.29) is 5.91 Å². The molecule has 6 heteroatoms. The van der Waals surface area contributed by atoms with Gasteiger partial charge in [0.15, 0.2) is 0 Å². The zero-order valence-corrected chi connectivity index (χ0v) is 15.0. The summed E-state index contributed by atoms with van der Waals surface area (Å²) in [5.74, 6) is -0.00569. The summed E-state index contributed by atoms with van der Waals surface area (Å²) in [5.41, 5.74) is 1.68. The van der Waals surface area contributed by atoms with Crippen molar-refractivity contribution in [2.45, 2.75) is 44.9 Å². The van der Waals surface area contributed by atoms with Crippen LogP contribution >= 0.6 is 11.3 Å². The number of nitrogens with one attached hydrogen (secondary N) is 1. The number of hydrogen-bond donors (Lipinski definition) is 1. The molecule has 1 saturated heterocycles. The van der Waals surface area contributed by atoms with E-state index in [1.54, 1.807) is 0 Å². The van der Waals surface area contributed by atoms with Gasteiger partial charge in [-0.2, -0.15) is 0 Å². The SMILES string of the molecule is CCCc1nnc(NC(=O)C2(c3ccc(C)cc3)CCOCC2)s1. The van der Waals surface area contributed by atoms with Gasteiger partial charge in [0.25, 0.3) is 0 Å². The number of aromatic nitrogens is 2. The molecule has 5 nitrogen and oxygen atoms in total. The van der Waals surface area contributed by atoms with E-state index in [1.807, 2.05) is 0 Å². The number of nitrogens with zero attached hydrogens (tertiary/aromatic N) is 2. The van der Waals surface area contributed by atoms with Crippen molar-refractivity contribution in [1.82, 2.24) is 10.2 Å². The fraction of sp³-hybridized carbons (Fsp3) is 0.500. The smallest absolute Gasteiger partial charge is 0.237 e. The molecule has 1 amide bonds. The highest BCUT2D eigenvalue weighted by Gasteiger charge is 2.42. The number of benzene rings is 1. The molecule has 0 spiro atoms. The minimum absolute atomic E-state index is 0.00569. The van der Waals surface area contributed by atoms with Crippen LogP contribution < -0.4 is 5.32 Å². The fourth-order valence-corrected chi connectivity index (χ4v) is 3.91. The minimum Gasteiger partial charge on any atom is -0.381 e. The molecule has 1 N–H and O–H groups in total. The molecular formula is C18H23N3O2S. The first-order valence-corrected chi connectivity index (χ1v) is 9.24. The summed E-state index contributed by atoms with van der Waals surface area (Å²) in [4.78, 5) is 13.1. The second-order valence-electron chi connectivity index (χ2n) is 6.27. The Bertz CT molecular complexity index is 691. The Morgan fingerprint density at radius 1 is 1.25 bits per heavy atom. The predicted molar refractivity (Wildman–Crippen MR) is 95.4 cm³/mol. The molecule has 1 aromatic carbocycles. The maximum Gasteiger partial charge on any atom is 0.237 e. The molecule has 1 aliphatic rings. The summed E-state index contributed by atoms with van der Waals surface area (Å²) in [6.07, 6.45) is 3.28. The summed E-state index contributed by atoms with van der Waals surface area (Å²) in [6, 6.07) is 8.24. The van der Waals surface area contributed by atoms with Crippen LogP contribution in [0, 0.1) is 6.92 Å². The number of hydrogen-bond acceptors (Lipinski definition) is 5. The van der Waals surface area contributed by atoms with E-state index in [1.165, 1.54) is 16.9 Å². The molecule has 24 heavy (non-hydrogen) atoms. The van der Waals surface area contributed by atoms with Crippen molar-refractivity contribution in [1.29, 1.82) is 0 Å². The molecule has 0 atom stereocenters. The second-order valence-corrected chi connectivity index (χ2v) is 7.33. The maximum absolute atomic E-state index is 13.1. The topological polar surface area (TPSA) is 64.1 Å². The molecule has 1 fully saturated rings. The zero-order chi connectivity index (χ0) is 17.0. The fourth-order valence-electron chi connectivity index (χ4n) is 3.08. The van der Waals surface area contributed by atoms with Gasteiger partial charge < -0.3 is 4.74 Å². The molecule has 1 aromatic heterocycles. The molecule has 0 saturated carbocycles. The van der Waals surface area contributed by atoms with Crippen LogP contribution in [0.1, 0.15) is 42.3 Å². The average Bonchev–Trinajstić information content (AvgIpc) is 3.03. The first-order valence-electron chi connectivity index (χ1n) is 8.43. The van der Waals surface area contributed by atoms with Gasteiger partial charge in [0, 0.05) is 19.6 Å². The number of carbonyl (C=O) groups is 1. The van der Waals surface area contributed by atoms with E-state index in [9.17, 15) is 4.79 Å². The van der Waals surface area contributed by atoms with Crippen molar-refractivity contribution in [2.24, 2.45) is 0 Å². The second kappa shape index (κ2) is 7.40. The van der Waals surface area contributed by atoms with Gasteiger partial charge in [-0.1, -0.05) is 48.1 Å². The van der Waals surface area contributed by atoms with E-state index in [0.29, 0.717) is 31.2 Å². The van der Waals surface area contributed by atoms with E-state index in [4.69, 9.17) is 4.74 Å². The first-order chi connectivity index (χ1) is 11.6. The number of anilines is 1. The summed E-state index contributed by atoms with van der Waals surface area (Å²) in [7, 11) is 0. The van der Waals surface area contributed by atoms with Crippen LogP contribution in [0.5, 0.6) is 0 Å². The summed E-state index contributed by atoms with van der Waals surface area (Å²) in [6.45, 7) is 5.35. The van der Waals surface area contributed by atoms with Gasteiger partial charge >= 0.3 is 0 Å². The highest BCUT2D eigenvalue weighted by Crippen LogP contribution is 2.36. The van der Waals surface area contributed by atoms with Gasteiger partial charge in [-0.15, -0.1) is 10.2 Å². The van der Waals surface area contributed by atoms with Crippen molar-refractivity contribution >= 4 is 22.4 Å². The zero-order valence-electron chi connectivity index (χ0n) is 14.2. The Kier molecular flexibility index (Phi) is 5.26. The number of aryl methyl sites for hydroxylation is 2. The van der Waals surface area contributed by atoms with Crippen LogP contribution in [-0.4, -0.2) is 29.3 Å². The highest BCUT2D eigenvalue weighted by molar-refractivity contribution is 7.15. The van der Waals surface area contributed by atoms with Crippen LogP contribution in [0.2, 0.25) is 0 Å². The van der Waals surface area contributed by atoms with Crippen LogP contribution in [0.3, 0.4) is 0 Å². The van der Waals surface area contributed by atoms with E-state index in [2.05, 4.69) is 53.6 Å². The van der Waals surface area contributed by atoms with E-state index in [0.717, 1.165) is 23.4 Å². The van der Waals surface area contributed by atoms with Crippen molar-refractivity contribution in [3.63, 3.8) is 0 Å². The normalized spacial score (nSPS) is 16.8.